The number of halogens is 2. The Morgan fingerprint density at radius 2 is 2.02 bits per heavy atom. The highest BCUT2D eigenvalue weighted by Gasteiger charge is 2.41. The zero-order chi connectivity index (χ0) is 27.9. The number of carbonyl (C=O) groups is 1. The molecule has 6 rings (SSSR count). The molecule has 1 saturated carbocycles. The molecular weight excluding hydrogens is 553 g/mol. The molecule has 2 aromatic carbocycles. The summed E-state index contributed by atoms with van der Waals surface area (Å²) in [6.07, 6.45) is 4.98. The van der Waals surface area contributed by atoms with E-state index in [1.807, 2.05) is 45.9 Å². The monoisotopic (exact) mass is 581 g/mol. The van der Waals surface area contributed by atoms with Crippen LogP contribution in [0.15, 0.2) is 48.8 Å². The van der Waals surface area contributed by atoms with Crippen LogP contribution >= 0.6 is 23.2 Å². The standard InChI is InChI=1S/C29H29Cl2N5O4/c1-29(9-10-29)40-27-24-26(32-17-33-27)36(16-18-4-2-5-19(30)14-18)25(34-24)21-8-7-20(15-22(21)31)39-13-12-35-11-3-6-23(35)28(37)38/h2,4-5,7-8,14-15,17,23H,3,6,9-13,16H2,1H3,(H,37,38)/t23-/m0/s1. The molecule has 9 nitrogen and oxygen atoms in total. The normalized spacial score (nSPS) is 18.2. The van der Waals surface area contributed by atoms with Gasteiger partial charge in [-0.15, -0.1) is 0 Å². The van der Waals surface area contributed by atoms with Crippen LogP contribution < -0.4 is 9.47 Å². The Labute approximate surface area is 241 Å². The van der Waals surface area contributed by atoms with Gasteiger partial charge in [0.1, 0.15) is 36.2 Å². The Hall–Kier alpha value is -3.40. The fourth-order valence-electron chi connectivity index (χ4n) is 5.10. The number of fused-ring (bicyclic) bond motifs is 1. The largest absolute Gasteiger partial charge is 0.492 e. The quantitative estimate of drug-likeness (QED) is 0.254. The van der Waals surface area contributed by atoms with E-state index in [0.29, 0.717) is 70.3 Å². The molecule has 1 saturated heterocycles. The summed E-state index contributed by atoms with van der Waals surface area (Å²) >= 11 is 13.1. The number of benzene rings is 2. The third kappa shape index (κ3) is 5.59. The first-order valence-electron chi connectivity index (χ1n) is 13.3. The van der Waals surface area contributed by atoms with Crippen molar-refractivity contribution in [1.82, 2.24) is 24.4 Å². The molecule has 2 aromatic heterocycles. The van der Waals surface area contributed by atoms with Crippen molar-refractivity contribution in [1.29, 1.82) is 0 Å². The van der Waals surface area contributed by atoms with Gasteiger partial charge in [-0.3, -0.25) is 9.69 Å². The summed E-state index contributed by atoms with van der Waals surface area (Å²) in [5, 5.41) is 10.5. The van der Waals surface area contributed by atoms with E-state index in [4.69, 9.17) is 37.7 Å². The van der Waals surface area contributed by atoms with Crippen molar-refractivity contribution in [2.75, 3.05) is 19.7 Å². The molecule has 1 aliphatic heterocycles. The highest BCUT2D eigenvalue weighted by molar-refractivity contribution is 6.33. The maximum absolute atomic E-state index is 11.4. The fourth-order valence-corrected chi connectivity index (χ4v) is 5.56. The number of nitrogens with zero attached hydrogens (tertiary/aromatic N) is 5. The topological polar surface area (TPSA) is 103 Å². The Morgan fingerprint density at radius 3 is 2.77 bits per heavy atom. The first-order chi connectivity index (χ1) is 19.3. The van der Waals surface area contributed by atoms with E-state index in [-0.39, 0.29) is 5.60 Å². The molecule has 0 bridgehead atoms. The van der Waals surface area contributed by atoms with E-state index in [1.165, 1.54) is 6.33 Å². The lowest BCUT2D eigenvalue weighted by Crippen LogP contribution is -2.38. The van der Waals surface area contributed by atoms with E-state index < -0.39 is 12.0 Å². The van der Waals surface area contributed by atoms with Gasteiger partial charge in [0.05, 0.1) is 11.6 Å². The SMILES string of the molecule is CC1(Oc2ncnc3c2nc(-c2ccc(OCCN4CCC[C@H]4C(=O)O)cc2Cl)n3Cc2cccc(Cl)c2)CC1. The van der Waals surface area contributed by atoms with Crippen molar-refractivity contribution in [2.24, 2.45) is 0 Å². The van der Waals surface area contributed by atoms with E-state index >= 15 is 0 Å². The molecule has 3 heterocycles. The number of aromatic nitrogens is 4. The van der Waals surface area contributed by atoms with Crippen LogP contribution in [0, 0.1) is 0 Å². The number of rotatable bonds is 10. The van der Waals surface area contributed by atoms with Crippen LogP contribution in [0.4, 0.5) is 0 Å². The van der Waals surface area contributed by atoms with E-state index in [9.17, 15) is 9.90 Å². The molecule has 0 unspecified atom stereocenters. The lowest BCUT2D eigenvalue weighted by Gasteiger charge is -2.21. The van der Waals surface area contributed by atoms with Crippen molar-refractivity contribution >= 4 is 40.3 Å². The maximum Gasteiger partial charge on any atom is 0.320 e. The highest BCUT2D eigenvalue weighted by atomic mass is 35.5. The minimum absolute atomic E-state index is 0.228. The van der Waals surface area contributed by atoms with Crippen molar-refractivity contribution in [3.05, 3.63) is 64.4 Å². The average Bonchev–Trinajstić information content (AvgIpc) is 3.30. The number of likely N-dealkylation sites (tertiary alicyclic amines) is 1. The lowest BCUT2D eigenvalue weighted by atomic mass is 10.2. The average molecular weight is 582 g/mol. The Bertz CT molecular complexity index is 1570. The van der Waals surface area contributed by atoms with Gasteiger partial charge < -0.3 is 19.1 Å². The number of hydrogen-bond acceptors (Lipinski definition) is 7. The Kier molecular flexibility index (Phi) is 7.29. The van der Waals surface area contributed by atoms with Gasteiger partial charge in [-0.1, -0.05) is 35.3 Å². The van der Waals surface area contributed by atoms with Crippen molar-refractivity contribution in [3.8, 4) is 23.0 Å². The molecule has 0 spiro atoms. The number of hydrogen-bond donors (Lipinski definition) is 1. The first-order valence-corrected chi connectivity index (χ1v) is 14.1. The molecule has 1 aliphatic carbocycles. The predicted octanol–water partition coefficient (Wildman–Crippen LogP) is 5.71. The fraction of sp³-hybridized carbons (Fsp3) is 0.379. The number of carboxylic acid groups (broad SMARTS) is 1. The molecule has 2 fully saturated rings. The second kappa shape index (κ2) is 10.9. The van der Waals surface area contributed by atoms with Crippen molar-refractivity contribution in [3.63, 3.8) is 0 Å². The third-order valence-electron chi connectivity index (χ3n) is 7.50. The second-order valence-electron chi connectivity index (χ2n) is 10.6. The maximum atomic E-state index is 11.4. The van der Waals surface area contributed by atoms with Gasteiger partial charge in [-0.05, 0) is 75.0 Å². The highest BCUT2D eigenvalue weighted by Crippen LogP contribution is 2.41. The summed E-state index contributed by atoms with van der Waals surface area (Å²) < 4.78 is 14.2. The van der Waals surface area contributed by atoms with Gasteiger partial charge in [0.25, 0.3) is 0 Å². The van der Waals surface area contributed by atoms with Crippen molar-refractivity contribution in [2.45, 2.75) is 50.8 Å². The Balaban J connectivity index is 1.30. The molecule has 2 aliphatic rings. The van der Waals surface area contributed by atoms with Crippen LogP contribution in [-0.4, -0.2) is 66.8 Å². The molecule has 0 radical (unpaired) electrons. The smallest absolute Gasteiger partial charge is 0.320 e. The summed E-state index contributed by atoms with van der Waals surface area (Å²) in [6, 6.07) is 12.7. The van der Waals surface area contributed by atoms with Crippen LogP contribution in [0.2, 0.25) is 10.0 Å². The zero-order valence-corrected chi connectivity index (χ0v) is 23.5. The van der Waals surface area contributed by atoms with Crippen LogP contribution in [0.5, 0.6) is 11.6 Å². The van der Waals surface area contributed by atoms with E-state index in [1.54, 1.807) is 6.07 Å². The number of imidazole rings is 1. The van der Waals surface area contributed by atoms with Gasteiger partial charge in [-0.2, -0.15) is 4.98 Å². The minimum Gasteiger partial charge on any atom is -0.492 e. The number of carboxylic acids is 1. The molecule has 11 heteroatoms. The molecule has 4 aromatic rings. The summed E-state index contributed by atoms with van der Waals surface area (Å²) in [5.41, 5.74) is 2.68. The van der Waals surface area contributed by atoms with Crippen LogP contribution in [0.1, 0.15) is 38.2 Å². The van der Waals surface area contributed by atoms with E-state index in [0.717, 1.165) is 31.4 Å². The van der Waals surface area contributed by atoms with Crippen LogP contribution in [-0.2, 0) is 11.3 Å². The molecule has 1 N–H and O–H groups in total. The van der Waals surface area contributed by atoms with Gasteiger partial charge in [0, 0.05) is 17.1 Å². The predicted molar refractivity (Wildman–Crippen MR) is 152 cm³/mol. The number of aliphatic carboxylic acids is 1. The molecule has 40 heavy (non-hydrogen) atoms. The van der Waals surface area contributed by atoms with Crippen LogP contribution in [0.25, 0.3) is 22.6 Å². The van der Waals surface area contributed by atoms with Crippen molar-refractivity contribution < 1.29 is 19.4 Å². The molecule has 208 valence electrons. The second-order valence-corrected chi connectivity index (χ2v) is 11.4. The first kappa shape index (κ1) is 26.8. The summed E-state index contributed by atoms with van der Waals surface area (Å²) in [6.45, 7) is 4.19. The van der Waals surface area contributed by atoms with Gasteiger partial charge in [0.2, 0.25) is 5.88 Å². The summed E-state index contributed by atoms with van der Waals surface area (Å²) in [5.74, 6) is 0.894. The lowest BCUT2D eigenvalue weighted by molar-refractivity contribution is -0.142. The molecule has 0 amide bonds. The Morgan fingerprint density at radius 1 is 1.18 bits per heavy atom. The molecule has 1 atom stereocenters. The van der Waals surface area contributed by atoms with E-state index in [2.05, 4.69) is 16.9 Å². The van der Waals surface area contributed by atoms with Crippen LogP contribution in [0.3, 0.4) is 0 Å². The minimum atomic E-state index is -0.782. The third-order valence-corrected chi connectivity index (χ3v) is 8.05. The molecular formula is C29H29Cl2N5O4. The van der Waals surface area contributed by atoms with Gasteiger partial charge in [0.15, 0.2) is 11.2 Å². The summed E-state index contributed by atoms with van der Waals surface area (Å²) in [7, 11) is 0. The number of ether oxygens (including phenoxy) is 2. The van der Waals surface area contributed by atoms with Gasteiger partial charge in [-0.25, -0.2) is 9.97 Å². The zero-order valence-electron chi connectivity index (χ0n) is 22.0. The van der Waals surface area contributed by atoms with Gasteiger partial charge >= 0.3 is 5.97 Å². The summed E-state index contributed by atoms with van der Waals surface area (Å²) in [4.78, 5) is 27.3.